The van der Waals surface area contributed by atoms with Gasteiger partial charge in [0.25, 0.3) is 0 Å². The summed E-state index contributed by atoms with van der Waals surface area (Å²) in [5, 5.41) is 12.8. The minimum atomic E-state index is 0.0551. The van der Waals surface area contributed by atoms with Gasteiger partial charge in [-0.2, -0.15) is 5.26 Å². The standard InChI is InChI=1S/C16H16ClN3O/c1-11(2)21-16-12(5-4-8-19-16)10-20-15-7-3-6-14(17)13(15)9-18/h3-8,11,20H,10H2,1-2H3. The van der Waals surface area contributed by atoms with Gasteiger partial charge in [0.05, 0.1) is 22.4 Å². The number of ether oxygens (including phenoxy) is 1. The van der Waals surface area contributed by atoms with E-state index in [2.05, 4.69) is 16.4 Å². The fourth-order valence-electron chi connectivity index (χ4n) is 1.86. The summed E-state index contributed by atoms with van der Waals surface area (Å²) in [4.78, 5) is 4.24. The average molecular weight is 302 g/mol. The van der Waals surface area contributed by atoms with E-state index in [9.17, 15) is 0 Å². The lowest BCUT2D eigenvalue weighted by Crippen LogP contribution is -2.11. The molecule has 1 aromatic heterocycles. The van der Waals surface area contributed by atoms with Crippen molar-refractivity contribution in [1.29, 1.82) is 5.26 Å². The van der Waals surface area contributed by atoms with Gasteiger partial charge in [0.1, 0.15) is 6.07 Å². The molecule has 0 saturated heterocycles. The SMILES string of the molecule is CC(C)Oc1ncccc1CNc1cccc(Cl)c1C#N. The van der Waals surface area contributed by atoms with Gasteiger partial charge in [-0.15, -0.1) is 0 Å². The largest absolute Gasteiger partial charge is 0.475 e. The van der Waals surface area contributed by atoms with Gasteiger partial charge in [-0.05, 0) is 32.0 Å². The molecule has 0 aliphatic carbocycles. The van der Waals surface area contributed by atoms with Gasteiger partial charge in [-0.1, -0.05) is 23.7 Å². The van der Waals surface area contributed by atoms with Crippen molar-refractivity contribution in [3.05, 3.63) is 52.7 Å². The van der Waals surface area contributed by atoms with Crippen molar-refractivity contribution in [3.8, 4) is 11.9 Å². The Morgan fingerprint density at radius 2 is 2.14 bits per heavy atom. The summed E-state index contributed by atoms with van der Waals surface area (Å²) in [6.07, 6.45) is 1.75. The van der Waals surface area contributed by atoms with Crippen LogP contribution in [0.15, 0.2) is 36.5 Å². The predicted octanol–water partition coefficient (Wildman–Crippen LogP) is 4.01. The molecule has 1 aromatic carbocycles. The van der Waals surface area contributed by atoms with E-state index in [4.69, 9.17) is 21.6 Å². The topological polar surface area (TPSA) is 57.9 Å². The fourth-order valence-corrected chi connectivity index (χ4v) is 2.08. The zero-order valence-corrected chi connectivity index (χ0v) is 12.7. The van der Waals surface area contributed by atoms with Crippen molar-refractivity contribution >= 4 is 17.3 Å². The van der Waals surface area contributed by atoms with Gasteiger partial charge in [0, 0.05) is 18.3 Å². The number of nitrogens with zero attached hydrogens (tertiary/aromatic N) is 2. The lowest BCUT2D eigenvalue weighted by atomic mass is 10.2. The number of nitrogens with one attached hydrogen (secondary N) is 1. The molecule has 0 aliphatic heterocycles. The summed E-state index contributed by atoms with van der Waals surface area (Å²) < 4.78 is 5.67. The van der Waals surface area contributed by atoms with Crippen LogP contribution in [0.5, 0.6) is 5.88 Å². The van der Waals surface area contributed by atoms with Crippen molar-refractivity contribution in [3.63, 3.8) is 0 Å². The van der Waals surface area contributed by atoms with Crippen molar-refractivity contribution < 1.29 is 4.74 Å². The number of halogens is 1. The number of aromatic nitrogens is 1. The maximum absolute atomic E-state index is 9.16. The van der Waals surface area contributed by atoms with Crippen molar-refractivity contribution in [1.82, 2.24) is 4.98 Å². The number of hydrogen-bond donors (Lipinski definition) is 1. The first-order valence-corrected chi connectivity index (χ1v) is 7.02. The van der Waals surface area contributed by atoms with Gasteiger partial charge in [-0.3, -0.25) is 0 Å². The van der Waals surface area contributed by atoms with Crippen LogP contribution in [0.4, 0.5) is 5.69 Å². The molecule has 0 bridgehead atoms. The van der Waals surface area contributed by atoms with Crippen LogP contribution in [-0.4, -0.2) is 11.1 Å². The summed E-state index contributed by atoms with van der Waals surface area (Å²) in [5.41, 5.74) is 2.06. The monoisotopic (exact) mass is 301 g/mol. The summed E-state index contributed by atoms with van der Waals surface area (Å²) in [6.45, 7) is 4.41. The molecule has 5 heteroatoms. The van der Waals surface area contributed by atoms with Gasteiger partial charge in [-0.25, -0.2) is 4.98 Å². The molecule has 21 heavy (non-hydrogen) atoms. The number of pyridine rings is 1. The second-order valence-electron chi connectivity index (χ2n) is 4.76. The minimum absolute atomic E-state index is 0.0551. The number of hydrogen-bond acceptors (Lipinski definition) is 4. The van der Waals surface area contributed by atoms with E-state index < -0.39 is 0 Å². The highest BCUT2D eigenvalue weighted by atomic mass is 35.5. The van der Waals surface area contributed by atoms with Crippen LogP contribution < -0.4 is 10.1 Å². The first-order valence-electron chi connectivity index (χ1n) is 6.65. The third kappa shape index (κ3) is 3.87. The molecule has 2 rings (SSSR count). The van der Waals surface area contributed by atoms with Crippen LogP contribution in [0, 0.1) is 11.3 Å². The number of benzene rings is 1. The lowest BCUT2D eigenvalue weighted by Gasteiger charge is -2.14. The van der Waals surface area contributed by atoms with E-state index in [-0.39, 0.29) is 6.10 Å². The molecular weight excluding hydrogens is 286 g/mol. The van der Waals surface area contributed by atoms with Gasteiger partial charge >= 0.3 is 0 Å². The third-order valence-corrected chi connectivity index (χ3v) is 3.11. The molecule has 0 aliphatic rings. The third-order valence-electron chi connectivity index (χ3n) is 2.79. The molecule has 108 valence electrons. The van der Waals surface area contributed by atoms with Crippen LogP contribution in [0.1, 0.15) is 25.0 Å². The molecule has 0 spiro atoms. The summed E-state index contributed by atoms with van der Waals surface area (Å²) in [5.74, 6) is 0.598. The highest BCUT2D eigenvalue weighted by Gasteiger charge is 2.09. The molecule has 0 amide bonds. The Labute approximate surface area is 129 Å². The van der Waals surface area contributed by atoms with Crippen LogP contribution in [0.3, 0.4) is 0 Å². The Morgan fingerprint density at radius 3 is 2.86 bits per heavy atom. The predicted molar refractivity (Wildman–Crippen MR) is 83.5 cm³/mol. The van der Waals surface area contributed by atoms with Crippen LogP contribution in [0.2, 0.25) is 5.02 Å². The maximum atomic E-state index is 9.16. The number of nitriles is 1. The highest BCUT2D eigenvalue weighted by molar-refractivity contribution is 6.32. The molecule has 0 atom stereocenters. The average Bonchev–Trinajstić information content (AvgIpc) is 2.46. The Bertz CT molecular complexity index is 665. The van der Waals surface area contributed by atoms with Crippen LogP contribution in [-0.2, 0) is 6.54 Å². The molecule has 0 radical (unpaired) electrons. The van der Waals surface area contributed by atoms with E-state index in [1.807, 2.05) is 32.0 Å². The summed E-state index contributed by atoms with van der Waals surface area (Å²) in [6, 6.07) is 11.2. The summed E-state index contributed by atoms with van der Waals surface area (Å²) in [7, 11) is 0. The molecular formula is C16H16ClN3O. The Hall–Kier alpha value is -2.25. The Morgan fingerprint density at radius 1 is 1.33 bits per heavy atom. The minimum Gasteiger partial charge on any atom is -0.475 e. The molecule has 1 N–H and O–H groups in total. The van der Waals surface area contributed by atoms with E-state index in [0.717, 1.165) is 5.56 Å². The second-order valence-corrected chi connectivity index (χ2v) is 5.17. The van der Waals surface area contributed by atoms with Crippen LogP contribution in [0.25, 0.3) is 0 Å². The zero-order chi connectivity index (χ0) is 15.2. The van der Waals surface area contributed by atoms with Gasteiger partial charge in [0.15, 0.2) is 0 Å². The normalized spacial score (nSPS) is 10.2. The lowest BCUT2D eigenvalue weighted by molar-refractivity contribution is 0.230. The van der Waals surface area contributed by atoms with Crippen molar-refractivity contribution in [2.24, 2.45) is 0 Å². The van der Waals surface area contributed by atoms with Crippen molar-refractivity contribution in [2.75, 3.05) is 5.32 Å². The summed E-state index contributed by atoms with van der Waals surface area (Å²) >= 11 is 6.01. The zero-order valence-electron chi connectivity index (χ0n) is 11.9. The molecule has 0 unspecified atom stereocenters. The van der Waals surface area contributed by atoms with Gasteiger partial charge < -0.3 is 10.1 Å². The molecule has 0 saturated carbocycles. The van der Waals surface area contributed by atoms with E-state index >= 15 is 0 Å². The highest BCUT2D eigenvalue weighted by Crippen LogP contribution is 2.25. The van der Waals surface area contributed by atoms with E-state index in [1.54, 1.807) is 18.3 Å². The first kappa shape index (κ1) is 15.1. The molecule has 2 aromatic rings. The smallest absolute Gasteiger partial charge is 0.218 e. The number of rotatable bonds is 5. The Kier molecular flexibility index (Phi) is 5.02. The molecule has 4 nitrogen and oxygen atoms in total. The maximum Gasteiger partial charge on any atom is 0.218 e. The number of anilines is 1. The molecule has 1 heterocycles. The van der Waals surface area contributed by atoms with E-state index in [0.29, 0.717) is 28.7 Å². The van der Waals surface area contributed by atoms with Gasteiger partial charge in [0.2, 0.25) is 5.88 Å². The van der Waals surface area contributed by atoms with E-state index in [1.165, 1.54) is 0 Å². The quantitative estimate of drug-likeness (QED) is 0.906. The van der Waals surface area contributed by atoms with Crippen LogP contribution >= 0.6 is 11.6 Å². The molecule has 0 fully saturated rings. The fraction of sp³-hybridized carbons (Fsp3) is 0.250. The second kappa shape index (κ2) is 6.96. The Balaban J connectivity index is 2.18. The first-order chi connectivity index (χ1) is 10.1. The van der Waals surface area contributed by atoms with Crippen molar-refractivity contribution in [2.45, 2.75) is 26.5 Å².